The standard InChI is InChI=1S/C13H16BrClN2S2/c1-2-3-6-16-8-17(13(18)19-9-16)10-4-5-11(14)12(15)7-10/h4-5,7H,2-3,6,8-9H2,1H3. The maximum absolute atomic E-state index is 6.16. The molecule has 0 N–H and O–H groups in total. The van der Waals surface area contributed by atoms with E-state index in [-0.39, 0.29) is 0 Å². The van der Waals surface area contributed by atoms with Crippen LogP contribution in [0.3, 0.4) is 0 Å². The molecule has 2 rings (SSSR count). The minimum absolute atomic E-state index is 0.719. The topological polar surface area (TPSA) is 6.48 Å². The maximum atomic E-state index is 6.16. The molecule has 104 valence electrons. The second-order valence-electron chi connectivity index (χ2n) is 4.46. The first-order valence-corrected chi connectivity index (χ1v) is 8.80. The Morgan fingerprint density at radius 2 is 2.26 bits per heavy atom. The molecule has 1 aromatic rings. The zero-order valence-corrected chi connectivity index (χ0v) is 14.7. The molecule has 1 aromatic carbocycles. The highest BCUT2D eigenvalue weighted by molar-refractivity contribution is 9.10. The van der Waals surface area contributed by atoms with Gasteiger partial charge < -0.3 is 4.90 Å². The van der Waals surface area contributed by atoms with Crippen LogP contribution in [0.15, 0.2) is 22.7 Å². The number of halogens is 2. The number of hydrogen-bond donors (Lipinski definition) is 0. The normalized spacial score (nSPS) is 17.0. The minimum Gasteiger partial charge on any atom is -0.314 e. The van der Waals surface area contributed by atoms with E-state index in [0.29, 0.717) is 0 Å². The summed E-state index contributed by atoms with van der Waals surface area (Å²) in [4.78, 5) is 4.57. The Hall–Kier alpha value is 0.190. The van der Waals surface area contributed by atoms with Gasteiger partial charge in [0.05, 0.1) is 17.6 Å². The SMILES string of the molecule is CCCCN1CSC(=S)N(c2ccc(Br)c(Cl)c2)C1. The van der Waals surface area contributed by atoms with E-state index in [1.54, 1.807) is 11.8 Å². The molecule has 0 aliphatic carbocycles. The van der Waals surface area contributed by atoms with Crippen LogP contribution in [0.5, 0.6) is 0 Å². The molecule has 0 amide bonds. The van der Waals surface area contributed by atoms with Crippen molar-refractivity contribution in [1.29, 1.82) is 0 Å². The summed E-state index contributed by atoms with van der Waals surface area (Å²) >= 11 is 16.8. The van der Waals surface area contributed by atoms with Gasteiger partial charge in [-0.05, 0) is 40.5 Å². The average molecular weight is 380 g/mol. The van der Waals surface area contributed by atoms with Crippen LogP contribution in [0.2, 0.25) is 5.02 Å². The van der Waals surface area contributed by atoms with E-state index in [1.807, 2.05) is 18.2 Å². The quantitative estimate of drug-likeness (QED) is 0.682. The Kier molecular flexibility index (Phi) is 5.96. The summed E-state index contributed by atoms with van der Waals surface area (Å²) in [6.45, 7) is 4.19. The van der Waals surface area contributed by atoms with Gasteiger partial charge in [0.1, 0.15) is 4.32 Å². The van der Waals surface area contributed by atoms with Crippen LogP contribution in [0, 0.1) is 0 Å². The van der Waals surface area contributed by atoms with E-state index >= 15 is 0 Å². The van der Waals surface area contributed by atoms with Crippen molar-refractivity contribution < 1.29 is 0 Å². The van der Waals surface area contributed by atoms with Gasteiger partial charge in [0.2, 0.25) is 0 Å². The minimum atomic E-state index is 0.719. The Balaban J connectivity index is 2.11. The molecule has 0 bridgehead atoms. The van der Waals surface area contributed by atoms with E-state index in [1.165, 1.54) is 12.8 Å². The van der Waals surface area contributed by atoms with Crippen LogP contribution < -0.4 is 4.90 Å². The van der Waals surface area contributed by atoms with E-state index in [2.05, 4.69) is 32.7 Å². The Morgan fingerprint density at radius 1 is 1.47 bits per heavy atom. The third kappa shape index (κ3) is 4.08. The van der Waals surface area contributed by atoms with Crippen molar-refractivity contribution >= 4 is 61.5 Å². The van der Waals surface area contributed by atoms with Crippen molar-refractivity contribution in [2.24, 2.45) is 0 Å². The number of anilines is 1. The van der Waals surface area contributed by atoms with Gasteiger partial charge in [-0.1, -0.05) is 48.9 Å². The summed E-state index contributed by atoms with van der Waals surface area (Å²) in [7, 11) is 0. The zero-order valence-electron chi connectivity index (χ0n) is 10.7. The van der Waals surface area contributed by atoms with Gasteiger partial charge in [-0.25, -0.2) is 0 Å². The van der Waals surface area contributed by atoms with Crippen LogP contribution >= 0.6 is 51.5 Å². The highest BCUT2D eigenvalue weighted by atomic mass is 79.9. The van der Waals surface area contributed by atoms with Crippen molar-refractivity contribution in [2.45, 2.75) is 19.8 Å². The first-order valence-electron chi connectivity index (χ1n) is 6.23. The third-order valence-corrected chi connectivity index (χ3v) is 5.74. The predicted octanol–water partition coefficient (Wildman–Crippen LogP) is 4.96. The molecule has 0 atom stereocenters. The summed E-state index contributed by atoms with van der Waals surface area (Å²) in [6.07, 6.45) is 2.44. The summed E-state index contributed by atoms with van der Waals surface area (Å²) in [6, 6.07) is 5.98. The Labute approximate surface area is 137 Å². The van der Waals surface area contributed by atoms with Gasteiger partial charge in [0.15, 0.2) is 0 Å². The van der Waals surface area contributed by atoms with Crippen LogP contribution in [-0.4, -0.2) is 28.3 Å². The lowest BCUT2D eigenvalue weighted by Gasteiger charge is -2.36. The molecular formula is C13H16BrClN2S2. The Morgan fingerprint density at radius 3 is 2.95 bits per heavy atom. The van der Waals surface area contributed by atoms with Crippen molar-refractivity contribution in [1.82, 2.24) is 4.90 Å². The molecule has 1 heterocycles. The number of thioether (sulfide) groups is 1. The van der Waals surface area contributed by atoms with E-state index < -0.39 is 0 Å². The lowest BCUT2D eigenvalue weighted by molar-refractivity contribution is 0.323. The Bertz CT molecular complexity index is 470. The molecule has 1 aliphatic rings. The van der Waals surface area contributed by atoms with Crippen molar-refractivity contribution in [2.75, 3.05) is 24.0 Å². The van der Waals surface area contributed by atoms with Gasteiger partial charge >= 0.3 is 0 Å². The molecule has 0 radical (unpaired) electrons. The second-order valence-corrected chi connectivity index (χ2v) is 7.30. The van der Waals surface area contributed by atoms with E-state index in [4.69, 9.17) is 23.8 Å². The highest BCUT2D eigenvalue weighted by Crippen LogP contribution is 2.31. The molecule has 0 saturated carbocycles. The smallest absolute Gasteiger partial charge is 0.143 e. The van der Waals surface area contributed by atoms with Gasteiger partial charge in [-0.15, -0.1) is 0 Å². The summed E-state index contributed by atoms with van der Waals surface area (Å²) < 4.78 is 1.84. The number of unbranched alkanes of at least 4 members (excludes halogenated alkanes) is 1. The summed E-state index contributed by atoms with van der Waals surface area (Å²) in [5.41, 5.74) is 1.06. The van der Waals surface area contributed by atoms with Crippen LogP contribution in [0.4, 0.5) is 5.69 Å². The lowest BCUT2D eigenvalue weighted by Crippen LogP contribution is -2.45. The highest BCUT2D eigenvalue weighted by Gasteiger charge is 2.22. The van der Waals surface area contributed by atoms with Crippen molar-refractivity contribution in [3.05, 3.63) is 27.7 Å². The largest absolute Gasteiger partial charge is 0.314 e. The monoisotopic (exact) mass is 378 g/mol. The van der Waals surface area contributed by atoms with Gasteiger partial charge in [-0.3, -0.25) is 4.90 Å². The molecule has 6 heteroatoms. The molecule has 1 aliphatic heterocycles. The third-order valence-electron chi connectivity index (χ3n) is 2.98. The van der Waals surface area contributed by atoms with Crippen LogP contribution in [0.1, 0.15) is 19.8 Å². The fourth-order valence-corrected chi connectivity index (χ4v) is 3.45. The number of thiocarbonyl (C=S) groups is 1. The molecule has 19 heavy (non-hydrogen) atoms. The van der Waals surface area contributed by atoms with Gasteiger partial charge in [-0.2, -0.15) is 0 Å². The number of nitrogens with zero attached hydrogens (tertiary/aromatic N) is 2. The van der Waals surface area contributed by atoms with Gasteiger partial charge in [0.25, 0.3) is 0 Å². The predicted molar refractivity (Wildman–Crippen MR) is 93.2 cm³/mol. The first kappa shape index (κ1) is 15.6. The van der Waals surface area contributed by atoms with Crippen LogP contribution in [0.25, 0.3) is 0 Å². The first-order chi connectivity index (χ1) is 9.11. The van der Waals surface area contributed by atoms with Crippen LogP contribution in [-0.2, 0) is 0 Å². The molecule has 2 nitrogen and oxygen atoms in total. The zero-order chi connectivity index (χ0) is 13.8. The average Bonchev–Trinajstić information content (AvgIpc) is 2.41. The summed E-state index contributed by atoms with van der Waals surface area (Å²) in [5.74, 6) is 0.986. The second kappa shape index (κ2) is 7.27. The molecule has 0 unspecified atom stereocenters. The van der Waals surface area contributed by atoms with Gasteiger partial charge in [0, 0.05) is 16.7 Å². The number of rotatable bonds is 4. The molecule has 1 fully saturated rings. The fourth-order valence-electron chi connectivity index (χ4n) is 1.88. The molecular weight excluding hydrogens is 364 g/mol. The molecule has 0 aromatic heterocycles. The molecule has 0 spiro atoms. The van der Waals surface area contributed by atoms with Crippen molar-refractivity contribution in [3.8, 4) is 0 Å². The number of benzene rings is 1. The lowest BCUT2D eigenvalue weighted by atomic mass is 10.3. The fraction of sp³-hybridized carbons (Fsp3) is 0.462. The summed E-state index contributed by atoms with van der Waals surface area (Å²) in [5, 5.41) is 0.719. The number of hydrogen-bond acceptors (Lipinski definition) is 3. The van der Waals surface area contributed by atoms with E-state index in [9.17, 15) is 0 Å². The maximum Gasteiger partial charge on any atom is 0.143 e. The van der Waals surface area contributed by atoms with Crippen molar-refractivity contribution in [3.63, 3.8) is 0 Å². The molecule has 1 saturated heterocycles. The van der Waals surface area contributed by atoms with E-state index in [0.717, 1.165) is 38.6 Å².